The minimum absolute atomic E-state index is 0. The van der Waals surface area contributed by atoms with Gasteiger partial charge in [-0.15, -0.1) is 0 Å². The standard InChI is InChI=1S/C15H14O3.Na/c16-13-8-6-11(7-9-13)10-14(15(17)18)12-4-2-1-3-5-12;/h1-9,14,16H,10H2,(H,17,18);/q;+1. The Balaban J connectivity index is 0.00000180. The Hall–Kier alpha value is -1.29. The fourth-order valence-corrected chi connectivity index (χ4v) is 1.90. The van der Waals surface area contributed by atoms with Gasteiger partial charge in [-0.2, -0.15) is 0 Å². The summed E-state index contributed by atoms with van der Waals surface area (Å²) in [6.45, 7) is 0. The molecule has 3 nitrogen and oxygen atoms in total. The van der Waals surface area contributed by atoms with Gasteiger partial charge in [-0.25, -0.2) is 0 Å². The van der Waals surface area contributed by atoms with E-state index in [1.165, 1.54) is 0 Å². The van der Waals surface area contributed by atoms with Crippen molar-refractivity contribution in [3.05, 3.63) is 65.7 Å². The second kappa shape index (κ2) is 7.34. The first kappa shape index (κ1) is 15.8. The number of hydrogen-bond donors (Lipinski definition) is 2. The third-order valence-corrected chi connectivity index (χ3v) is 2.88. The summed E-state index contributed by atoms with van der Waals surface area (Å²) in [5, 5.41) is 18.5. The Morgan fingerprint density at radius 3 is 2.11 bits per heavy atom. The van der Waals surface area contributed by atoms with Gasteiger partial charge in [0.1, 0.15) is 5.75 Å². The number of phenols is 1. The van der Waals surface area contributed by atoms with Crippen LogP contribution in [0, 0.1) is 0 Å². The van der Waals surface area contributed by atoms with Crippen LogP contribution in [0.15, 0.2) is 54.6 Å². The van der Waals surface area contributed by atoms with E-state index in [-0.39, 0.29) is 35.3 Å². The van der Waals surface area contributed by atoms with E-state index >= 15 is 0 Å². The van der Waals surface area contributed by atoms with Gasteiger partial charge in [-0.05, 0) is 29.7 Å². The molecule has 0 aliphatic rings. The van der Waals surface area contributed by atoms with Crippen molar-refractivity contribution in [2.75, 3.05) is 0 Å². The van der Waals surface area contributed by atoms with Gasteiger partial charge < -0.3 is 10.2 Å². The van der Waals surface area contributed by atoms with Gasteiger partial charge in [0.25, 0.3) is 0 Å². The van der Waals surface area contributed by atoms with Crippen molar-refractivity contribution in [1.29, 1.82) is 0 Å². The quantitative estimate of drug-likeness (QED) is 0.753. The van der Waals surface area contributed by atoms with Crippen LogP contribution in [0.25, 0.3) is 0 Å². The number of carboxylic acids is 1. The summed E-state index contributed by atoms with van der Waals surface area (Å²) in [6, 6.07) is 15.8. The SMILES string of the molecule is O=C(O)C(Cc1ccc(O)cc1)c1ccccc1.[Na+]. The van der Waals surface area contributed by atoms with Crippen molar-refractivity contribution < 1.29 is 44.6 Å². The van der Waals surface area contributed by atoms with Crippen LogP contribution in [0.4, 0.5) is 0 Å². The third-order valence-electron chi connectivity index (χ3n) is 2.88. The van der Waals surface area contributed by atoms with Crippen LogP contribution in [-0.4, -0.2) is 16.2 Å². The van der Waals surface area contributed by atoms with Crippen molar-refractivity contribution in [2.45, 2.75) is 12.3 Å². The first-order valence-electron chi connectivity index (χ1n) is 5.72. The third kappa shape index (κ3) is 4.39. The summed E-state index contributed by atoms with van der Waals surface area (Å²) in [4.78, 5) is 11.3. The number of carboxylic acid groups (broad SMARTS) is 1. The van der Waals surface area contributed by atoms with Gasteiger partial charge in [0.05, 0.1) is 5.92 Å². The molecular weight excluding hydrogens is 251 g/mol. The van der Waals surface area contributed by atoms with Crippen molar-refractivity contribution in [3.63, 3.8) is 0 Å². The molecular formula is C15H14NaO3+. The summed E-state index contributed by atoms with van der Waals surface area (Å²) in [5.74, 6) is -1.21. The molecule has 2 aromatic rings. The van der Waals surface area contributed by atoms with E-state index in [1.54, 1.807) is 24.3 Å². The van der Waals surface area contributed by atoms with Crippen LogP contribution in [-0.2, 0) is 11.2 Å². The molecule has 0 saturated carbocycles. The molecule has 0 aliphatic heterocycles. The summed E-state index contributed by atoms with van der Waals surface area (Å²) >= 11 is 0. The number of aromatic hydroxyl groups is 1. The van der Waals surface area contributed by atoms with Gasteiger partial charge in [-0.1, -0.05) is 42.5 Å². The maximum Gasteiger partial charge on any atom is 1.00 e. The molecule has 0 spiro atoms. The van der Waals surface area contributed by atoms with E-state index in [2.05, 4.69) is 0 Å². The number of aliphatic carboxylic acids is 1. The Labute approximate surface area is 134 Å². The van der Waals surface area contributed by atoms with Gasteiger partial charge in [0, 0.05) is 0 Å². The van der Waals surface area contributed by atoms with Crippen LogP contribution in [0.2, 0.25) is 0 Å². The van der Waals surface area contributed by atoms with Gasteiger partial charge in [0.2, 0.25) is 0 Å². The fourth-order valence-electron chi connectivity index (χ4n) is 1.90. The molecule has 0 amide bonds. The normalized spacial score (nSPS) is 11.4. The Bertz CT molecular complexity index is 523. The average molecular weight is 265 g/mol. The van der Waals surface area contributed by atoms with Gasteiger partial charge in [-0.3, -0.25) is 4.79 Å². The van der Waals surface area contributed by atoms with Crippen LogP contribution < -0.4 is 29.6 Å². The second-order valence-electron chi connectivity index (χ2n) is 4.17. The van der Waals surface area contributed by atoms with Crippen molar-refractivity contribution >= 4 is 5.97 Å². The number of rotatable bonds is 4. The van der Waals surface area contributed by atoms with Gasteiger partial charge in [0.15, 0.2) is 0 Å². The molecule has 2 rings (SSSR count). The van der Waals surface area contributed by atoms with E-state index in [4.69, 9.17) is 0 Å². The average Bonchev–Trinajstić information content (AvgIpc) is 2.38. The number of carbonyl (C=O) groups is 1. The largest absolute Gasteiger partial charge is 1.00 e. The van der Waals surface area contributed by atoms with Crippen LogP contribution in [0.1, 0.15) is 17.0 Å². The van der Waals surface area contributed by atoms with E-state index in [0.717, 1.165) is 11.1 Å². The molecule has 1 atom stereocenters. The second-order valence-corrected chi connectivity index (χ2v) is 4.17. The van der Waals surface area contributed by atoms with E-state index < -0.39 is 11.9 Å². The molecule has 2 aromatic carbocycles. The fraction of sp³-hybridized carbons (Fsp3) is 0.133. The number of benzene rings is 2. The van der Waals surface area contributed by atoms with E-state index in [9.17, 15) is 15.0 Å². The van der Waals surface area contributed by atoms with E-state index in [0.29, 0.717) is 6.42 Å². The van der Waals surface area contributed by atoms with Crippen LogP contribution >= 0.6 is 0 Å². The minimum atomic E-state index is -0.839. The molecule has 0 bridgehead atoms. The first-order chi connectivity index (χ1) is 8.66. The topological polar surface area (TPSA) is 57.5 Å². The maximum absolute atomic E-state index is 11.3. The molecule has 4 heteroatoms. The zero-order chi connectivity index (χ0) is 13.0. The summed E-state index contributed by atoms with van der Waals surface area (Å²) in [6.07, 6.45) is 0.416. The van der Waals surface area contributed by atoms with E-state index in [1.807, 2.05) is 30.3 Å². The molecule has 1 unspecified atom stereocenters. The molecule has 0 radical (unpaired) electrons. The molecule has 0 aromatic heterocycles. The predicted octanol–water partition coefficient (Wildman–Crippen LogP) is -0.193. The van der Waals surface area contributed by atoms with Gasteiger partial charge >= 0.3 is 35.5 Å². The van der Waals surface area contributed by atoms with Crippen molar-refractivity contribution in [3.8, 4) is 5.75 Å². The molecule has 0 saturated heterocycles. The molecule has 92 valence electrons. The summed E-state index contributed by atoms with van der Waals surface area (Å²) < 4.78 is 0. The Morgan fingerprint density at radius 2 is 1.58 bits per heavy atom. The smallest absolute Gasteiger partial charge is 0.508 e. The van der Waals surface area contributed by atoms with Crippen molar-refractivity contribution in [1.82, 2.24) is 0 Å². The molecule has 2 N–H and O–H groups in total. The number of hydrogen-bond acceptors (Lipinski definition) is 2. The first-order valence-corrected chi connectivity index (χ1v) is 5.72. The predicted molar refractivity (Wildman–Crippen MR) is 68.6 cm³/mol. The molecule has 19 heavy (non-hydrogen) atoms. The summed E-state index contributed by atoms with van der Waals surface area (Å²) in [5.41, 5.74) is 1.68. The van der Waals surface area contributed by atoms with Crippen LogP contribution in [0.5, 0.6) is 5.75 Å². The Morgan fingerprint density at radius 1 is 1.00 bits per heavy atom. The monoisotopic (exact) mass is 265 g/mol. The maximum atomic E-state index is 11.3. The molecule has 0 aliphatic carbocycles. The molecule has 0 heterocycles. The molecule has 0 fully saturated rings. The zero-order valence-corrected chi connectivity index (χ0v) is 12.8. The minimum Gasteiger partial charge on any atom is -0.508 e. The number of phenolic OH excluding ortho intramolecular Hbond substituents is 1. The Kier molecular flexibility index (Phi) is 6.09. The summed E-state index contributed by atoms with van der Waals surface area (Å²) in [7, 11) is 0. The van der Waals surface area contributed by atoms with Crippen LogP contribution in [0.3, 0.4) is 0 Å². The zero-order valence-electron chi connectivity index (χ0n) is 10.8. The van der Waals surface area contributed by atoms with Crippen molar-refractivity contribution in [2.24, 2.45) is 0 Å².